The van der Waals surface area contributed by atoms with Crippen molar-refractivity contribution >= 4 is 0 Å². The lowest BCUT2D eigenvalue weighted by Crippen LogP contribution is -1.71. The van der Waals surface area contributed by atoms with Crippen molar-refractivity contribution in [3.8, 4) is 0 Å². The Labute approximate surface area is 95.8 Å². The molecule has 0 aliphatic heterocycles. The molecule has 0 heteroatoms. The molecule has 0 aliphatic carbocycles. The lowest BCUT2D eigenvalue weighted by Gasteiger charge is -1.91. The van der Waals surface area contributed by atoms with Crippen LogP contribution in [0.1, 0.15) is 58.3 Å². The van der Waals surface area contributed by atoms with Crippen LogP contribution in [0.4, 0.5) is 0 Å². The average Bonchev–Trinajstić information content (AvgIpc) is 2.26. The van der Waals surface area contributed by atoms with Crippen LogP contribution in [0.25, 0.3) is 0 Å². The molecule has 0 aromatic carbocycles. The van der Waals surface area contributed by atoms with Crippen LogP contribution in [0.15, 0.2) is 37.0 Å². The zero-order chi connectivity index (χ0) is 11.2. The number of hydrogen-bond acceptors (Lipinski definition) is 0. The lowest BCUT2D eigenvalue weighted by atomic mass is 10.2. The maximum absolute atomic E-state index is 3.71. The second kappa shape index (κ2) is 13.2. The van der Waals surface area contributed by atoms with Gasteiger partial charge in [-0.3, -0.25) is 0 Å². The molecule has 15 heavy (non-hydrogen) atoms. The molecule has 0 amide bonds. The summed E-state index contributed by atoms with van der Waals surface area (Å²) < 4.78 is 0. The molecule has 86 valence electrons. The Kier molecular flexibility index (Phi) is 12.5. The standard InChI is InChI=1S/C15H26/c1-3-5-7-9-11-13-15-14-12-10-8-6-4-2/h3,12-15H,1,4-11H2,2H3. The van der Waals surface area contributed by atoms with Crippen molar-refractivity contribution in [2.75, 3.05) is 0 Å². The van der Waals surface area contributed by atoms with Crippen LogP contribution in [0.5, 0.6) is 0 Å². The number of allylic oxidation sites excluding steroid dienone is 5. The Morgan fingerprint density at radius 2 is 1.33 bits per heavy atom. The van der Waals surface area contributed by atoms with Crippen molar-refractivity contribution < 1.29 is 0 Å². The fourth-order valence-corrected chi connectivity index (χ4v) is 1.41. The molecule has 0 aromatic rings. The summed E-state index contributed by atoms with van der Waals surface area (Å²) in [4.78, 5) is 0. The molecular formula is C15H26. The van der Waals surface area contributed by atoms with Crippen LogP contribution < -0.4 is 0 Å². The average molecular weight is 206 g/mol. The Bertz CT molecular complexity index is 174. The predicted molar refractivity (Wildman–Crippen MR) is 71.1 cm³/mol. The van der Waals surface area contributed by atoms with Gasteiger partial charge in [0.05, 0.1) is 0 Å². The molecule has 0 aromatic heterocycles. The normalized spacial score (nSPS) is 11.5. The number of rotatable bonds is 10. The largest absolute Gasteiger partial charge is 0.103 e. The smallest absolute Gasteiger partial charge is 0.0347 e. The molecule has 0 spiro atoms. The zero-order valence-electron chi connectivity index (χ0n) is 10.3. The maximum atomic E-state index is 3.71. The first-order chi connectivity index (χ1) is 7.41. The summed E-state index contributed by atoms with van der Waals surface area (Å²) in [6, 6.07) is 0. The molecule has 0 saturated heterocycles. The lowest BCUT2D eigenvalue weighted by molar-refractivity contribution is 0.729. The highest BCUT2D eigenvalue weighted by molar-refractivity contribution is 5.02. The number of unbranched alkanes of at least 4 members (excludes halogenated alkanes) is 6. The maximum Gasteiger partial charge on any atom is -0.0347 e. The van der Waals surface area contributed by atoms with Crippen LogP contribution in [0, 0.1) is 0 Å². The molecule has 0 nitrogen and oxygen atoms in total. The summed E-state index contributed by atoms with van der Waals surface area (Å²) in [6.07, 6.45) is 21.0. The highest BCUT2D eigenvalue weighted by Crippen LogP contribution is 2.02. The van der Waals surface area contributed by atoms with Crippen molar-refractivity contribution in [1.82, 2.24) is 0 Å². The van der Waals surface area contributed by atoms with Gasteiger partial charge in [-0.2, -0.15) is 0 Å². The van der Waals surface area contributed by atoms with Gasteiger partial charge in [-0.1, -0.05) is 50.1 Å². The Morgan fingerprint density at radius 1 is 0.800 bits per heavy atom. The predicted octanol–water partition coefficient (Wildman–Crippen LogP) is 5.43. The van der Waals surface area contributed by atoms with Gasteiger partial charge in [0, 0.05) is 0 Å². The van der Waals surface area contributed by atoms with Crippen molar-refractivity contribution in [2.45, 2.75) is 58.3 Å². The minimum absolute atomic E-state index is 1.15. The van der Waals surface area contributed by atoms with Gasteiger partial charge in [-0.05, 0) is 38.5 Å². The van der Waals surface area contributed by atoms with E-state index in [1.165, 1.54) is 44.9 Å². The van der Waals surface area contributed by atoms with E-state index in [-0.39, 0.29) is 0 Å². The van der Waals surface area contributed by atoms with E-state index >= 15 is 0 Å². The summed E-state index contributed by atoms with van der Waals surface area (Å²) in [5.74, 6) is 0. The van der Waals surface area contributed by atoms with Gasteiger partial charge in [0.15, 0.2) is 0 Å². The van der Waals surface area contributed by atoms with E-state index < -0.39 is 0 Å². The molecule has 0 unspecified atom stereocenters. The van der Waals surface area contributed by atoms with Crippen LogP contribution in [0.2, 0.25) is 0 Å². The fraction of sp³-hybridized carbons (Fsp3) is 0.600. The Balaban J connectivity index is 3.18. The highest BCUT2D eigenvalue weighted by atomic mass is 13.9. The molecule has 0 radical (unpaired) electrons. The van der Waals surface area contributed by atoms with Crippen LogP contribution in [-0.4, -0.2) is 0 Å². The van der Waals surface area contributed by atoms with E-state index in [1.807, 2.05) is 6.08 Å². The van der Waals surface area contributed by atoms with Gasteiger partial charge < -0.3 is 0 Å². The van der Waals surface area contributed by atoms with Crippen LogP contribution >= 0.6 is 0 Å². The zero-order valence-corrected chi connectivity index (χ0v) is 10.3. The Hall–Kier alpha value is -0.780. The first-order valence-electron chi connectivity index (χ1n) is 6.34. The monoisotopic (exact) mass is 206 g/mol. The van der Waals surface area contributed by atoms with Gasteiger partial charge in [0.25, 0.3) is 0 Å². The molecule has 0 rings (SSSR count). The van der Waals surface area contributed by atoms with E-state index in [4.69, 9.17) is 0 Å². The molecule has 0 bridgehead atoms. The van der Waals surface area contributed by atoms with Gasteiger partial charge >= 0.3 is 0 Å². The molecule has 0 heterocycles. The Morgan fingerprint density at radius 3 is 1.87 bits per heavy atom. The van der Waals surface area contributed by atoms with E-state index in [0.717, 1.165) is 6.42 Å². The van der Waals surface area contributed by atoms with Crippen LogP contribution in [0.3, 0.4) is 0 Å². The topological polar surface area (TPSA) is 0 Å². The third-order valence-corrected chi connectivity index (χ3v) is 2.39. The van der Waals surface area contributed by atoms with Crippen molar-refractivity contribution in [1.29, 1.82) is 0 Å². The van der Waals surface area contributed by atoms with Crippen molar-refractivity contribution in [3.05, 3.63) is 37.0 Å². The molecule has 0 atom stereocenters. The third kappa shape index (κ3) is 13.2. The first-order valence-corrected chi connectivity index (χ1v) is 6.34. The van der Waals surface area contributed by atoms with E-state index in [9.17, 15) is 0 Å². The summed E-state index contributed by atoms with van der Waals surface area (Å²) >= 11 is 0. The van der Waals surface area contributed by atoms with E-state index in [2.05, 4.69) is 37.8 Å². The van der Waals surface area contributed by atoms with E-state index in [1.54, 1.807) is 0 Å². The fourth-order valence-electron chi connectivity index (χ4n) is 1.41. The van der Waals surface area contributed by atoms with Gasteiger partial charge in [0.2, 0.25) is 0 Å². The second-order valence-electron chi connectivity index (χ2n) is 3.93. The molecule has 0 N–H and O–H groups in total. The van der Waals surface area contributed by atoms with Crippen molar-refractivity contribution in [2.24, 2.45) is 0 Å². The van der Waals surface area contributed by atoms with Crippen molar-refractivity contribution in [3.63, 3.8) is 0 Å². The van der Waals surface area contributed by atoms with Gasteiger partial charge in [-0.25, -0.2) is 0 Å². The summed E-state index contributed by atoms with van der Waals surface area (Å²) in [5.41, 5.74) is 0. The van der Waals surface area contributed by atoms with Crippen LogP contribution in [-0.2, 0) is 0 Å². The number of hydrogen-bond donors (Lipinski definition) is 0. The quantitative estimate of drug-likeness (QED) is 0.254. The van der Waals surface area contributed by atoms with Gasteiger partial charge in [0.1, 0.15) is 0 Å². The summed E-state index contributed by atoms with van der Waals surface area (Å²) in [5, 5.41) is 0. The molecular weight excluding hydrogens is 180 g/mol. The van der Waals surface area contributed by atoms with E-state index in [0.29, 0.717) is 0 Å². The third-order valence-electron chi connectivity index (χ3n) is 2.39. The summed E-state index contributed by atoms with van der Waals surface area (Å²) in [6.45, 7) is 5.96. The molecule has 0 fully saturated rings. The first kappa shape index (κ1) is 14.2. The van der Waals surface area contributed by atoms with Gasteiger partial charge in [-0.15, -0.1) is 6.58 Å². The minimum atomic E-state index is 1.15. The highest BCUT2D eigenvalue weighted by Gasteiger charge is 1.82. The SMILES string of the molecule is C=CCCCCC=CC=CCCCCC. The second-order valence-corrected chi connectivity index (χ2v) is 3.93. The molecule has 0 saturated carbocycles. The molecule has 0 aliphatic rings. The minimum Gasteiger partial charge on any atom is -0.103 e. The summed E-state index contributed by atoms with van der Waals surface area (Å²) in [7, 11) is 0.